The monoisotopic (exact) mass is 385 g/mol. The van der Waals surface area contributed by atoms with Gasteiger partial charge in [-0.1, -0.05) is 29.8 Å². The Morgan fingerprint density at radius 2 is 2.00 bits per heavy atom. The Morgan fingerprint density at radius 3 is 2.85 bits per heavy atom. The van der Waals surface area contributed by atoms with E-state index in [9.17, 15) is 9.59 Å². The Kier molecular flexibility index (Phi) is 4.79. The lowest BCUT2D eigenvalue weighted by Gasteiger charge is -2.25. The van der Waals surface area contributed by atoms with E-state index >= 15 is 0 Å². The van der Waals surface area contributed by atoms with Crippen LogP contribution in [0.5, 0.6) is 5.75 Å². The number of nitrogens with zero attached hydrogens (tertiary/aromatic N) is 1. The van der Waals surface area contributed by atoms with Crippen molar-refractivity contribution < 1.29 is 19.1 Å². The lowest BCUT2D eigenvalue weighted by Crippen LogP contribution is -2.40. The molecule has 6 heteroatoms. The molecule has 0 bridgehead atoms. The zero-order valence-electron chi connectivity index (χ0n) is 15.0. The molecule has 0 fully saturated rings. The number of ether oxygens (including phenoxy) is 2. The second-order valence-electron chi connectivity index (χ2n) is 7.02. The van der Waals surface area contributed by atoms with Crippen LogP contribution in [-0.4, -0.2) is 31.1 Å². The molecule has 2 aliphatic rings. The summed E-state index contributed by atoms with van der Waals surface area (Å²) in [5.74, 6) is -0.329. The van der Waals surface area contributed by atoms with Crippen molar-refractivity contribution in [3.05, 3.63) is 58.6 Å². The highest BCUT2D eigenvalue weighted by atomic mass is 35.5. The van der Waals surface area contributed by atoms with Gasteiger partial charge in [0.2, 0.25) is 0 Å². The van der Waals surface area contributed by atoms with Crippen molar-refractivity contribution in [3.63, 3.8) is 0 Å². The molecule has 5 nitrogen and oxygen atoms in total. The molecule has 0 spiro atoms. The minimum absolute atomic E-state index is 0.0561. The second kappa shape index (κ2) is 7.24. The minimum atomic E-state index is -0.438. The summed E-state index contributed by atoms with van der Waals surface area (Å²) >= 11 is 6.01. The fourth-order valence-corrected chi connectivity index (χ4v) is 3.98. The average molecular weight is 386 g/mol. The number of benzene rings is 2. The number of anilines is 1. The molecular weight excluding hydrogens is 366 g/mol. The summed E-state index contributed by atoms with van der Waals surface area (Å²) in [6.07, 6.45) is 1.30. The van der Waals surface area contributed by atoms with Crippen LogP contribution in [0.2, 0.25) is 5.02 Å². The summed E-state index contributed by atoms with van der Waals surface area (Å²) in [6.45, 7) is 1.97. The van der Waals surface area contributed by atoms with E-state index in [4.69, 9.17) is 21.1 Å². The maximum atomic E-state index is 12.6. The summed E-state index contributed by atoms with van der Waals surface area (Å²) in [5, 5.41) is 0.600. The number of carbonyl (C=O) groups excluding carboxylic acids is 2. The van der Waals surface area contributed by atoms with E-state index in [1.54, 1.807) is 23.1 Å². The number of carbonyl (C=O) groups is 2. The van der Waals surface area contributed by atoms with Crippen LogP contribution in [0.4, 0.5) is 5.69 Å². The molecule has 0 saturated heterocycles. The van der Waals surface area contributed by atoms with E-state index in [2.05, 4.69) is 0 Å². The second-order valence-corrected chi connectivity index (χ2v) is 7.45. The lowest BCUT2D eigenvalue weighted by atomic mass is 9.97. The van der Waals surface area contributed by atoms with Crippen LogP contribution in [0.15, 0.2) is 42.5 Å². The molecule has 0 aliphatic carbocycles. The molecule has 1 amide bonds. The first-order valence-corrected chi connectivity index (χ1v) is 9.38. The highest BCUT2D eigenvalue weighted by Crippen LogP contribution is 2.32. The van der Waals surface area contributed by atoms with Crippen LogP contribution >= 0.6 is 11.6 Å². The normalized spacial score (nSPS) is 20.4. The van der Waals surface area contributed by atoms with E-state index in [1.807, 2.05) is 31.2 Å². The molecule has 0 aromatic heterocycles. The average Bonchev–Trinajstić information content (AvgIpc) is 3.01. The molecule has 2 aliphatic heterocycles. The first-order valence-electron chi connectivity index (χ1n) is 9.01. The van der Waals surface area contributed by atoms with Crippen molar-refractivity contribution in [2.75, 3.05) is 18.1 Å². The van der Waals surface area contributed by atoms with Gasteiger partial charge in [0.15, 0.2) is 6.61 Å². The van der Waals surface area contributed by atoms with Gasteiger partial charge in [0.05, 0.1) is 5.92 Å². The van der Waals surface area contributed by atoms with E-state index in [0.29, 0.717) is 11.4 Å². The highest BCUT2D eigenvalue weighted by molar-refractivity contribution is 6.30. The van der Waals surface area contributed by atoms with Gasteiger partial charge in [-0.25, -0.2) is 0 Å². The fourth-order valence-electron chi connectivity index (χ4n) is 3.78. The van der Waals surface area contributed by atoms with Gasteiger partial charge in [-0.05, 0) is 55.2 Å². The van der Waals surface area contributed by atoms with Crippen molar-refractivity contribution >= 4 is 29.2 Å². The first-order chi connectivity index (χ1) is 13.0. The van der Waals surface area contributed by atoms with Gasteiger partial charge in [-0.15, -0.1) is 0 Å². The Balaban J connectivity index is 1.38. The van der Waals surface area contributed by atoms with Crippen LogP contribution in [0.3, 0.4) is 0 Å². The molecule has 2 heterocycles. The van der Waals surface area contributed by atoms with Crippen molar-refractivity contribution in [2.45, 2.75) is 25.8 Å². The Bertz CT molecular complexity index is 898. The Morgan fingerprint density at radius 1 is 1.19 bits per heavy atom. The van der Waals surface area contributed by atoms with Crippen molar-refractivity contribution in [1.29, 1.82) is 0 Å². The largest absolute Gasteiger partial charge is 0.492 e. The zero-order valence-corrected chi connectivity index (χ0v) is 15.7. The molecular formula is C21H20ClNO4. The molecule has 2 aromatic rings. The van der Waals surface area contributed by atoms with Crippen LogP contribution in [0.1, 0.15) is 18.1 Å². The number of para-hydroxylation sites is 1. The molecule has 27 heavy (non-hydrogen) atoms. The summed E-state index contributed by atoms with van der Waals surface area (Å²) in [7, 11) is 0. The van der Waals surface area contributed by atoms with Gasteiger partial charge in [-0.3, -0.25) is 9.59 Å². The van der Waals surface area contributed by atoms with Crippen molar-refractivity contribution in [1.82, 2.24) is 0 Å². The molecule has 0 radical (unpaired) electrons. The quantitative estimate of drug-likeness (QED) is 0.760. The maximum Gasteiger partial charge on any atom is 0.313 e. The molecule has 2 atom stereocenters. The third kappa shape index (κ3) is 3.52. The topological polar surface area (TPSA) is 55.8 Å². The molecule has 0 saturated carbocycles. The van der Waals surface area contributed by atoms with E-state index in [0.717, 1.165) is 29.0 Å². The highest BCUT2D eigenvalue weighted by Gasteiger charge is 2.32. The fraction of sp³-hybridized carbons (Fsp3) is 0.333. The summed E-state index contributed by atoms with van der Waals surface area (Å²) in [4.78, 5) is 26.8. The third-order valence-electron chi connectivity index (χ3n) is 5.08. The molecule has 0 N–H and O–H groups in total. The van der Waals surface area contributed by atoms with Crippen LogP contribution in [0.25, 0.3) is 0 Å². The molecule has 4 rings (SSSR count). The van der Waals surface area contributed by atoms with Crippen LogP contribution < -0.4 is 9.64 Å². The lowest BCUT2D eigenvalue weighted by molar-refractivity contribution is -0.153. The smallest absolute Gasteiger partial charge is 0.313 e. The maximum absolute atomic E-state index is 12.6. The number of rotatable bonds is 3. The Hall–Kier alpha value is -2.53. The van der Waals surface area contributed by atoms with Crippen molar-refractivity contribution in [3.8, 4) is 5.75 Å². The van der Waals surface area contributed by atoms with Crippen molar-refractivity contribution in [2.24, 2.45) is 5.92 Å². The summed E-state index contributed by atoms with van der Waals surface area (Å²) in [5.41, 5.74) is 2.92. The molecule has 0 unspecified atom stereocenters. The SMILES string of the molecule is C[C@@H]1Cc2ccccc2N1C(=O)COC(=O)[C@H]1COc2ccc(Cl)cc2C1. The van der Waals surface area contributed by atoms with Gasteiger partial charge in [-0.2, -0.15) is 0 Å². The number of amides is 1. The summed E-state index contributed by atoms with van der Waals surface area (Å²) in [6, 6.07) is 13.2. The first kappa shape index (κ1) is 17.9. The van der Waals surface area contributed by atoms with E-state index < -0.39 is 11.9 Å². The van der Waals surface area contributed by atoms with Gasteiger partial charge in [0.25, 0.3) is 5.91 Å². The zero-order chi connectivity index (χ0) is 19.0. The standard InChI is InChI=1S/C21H20ClNO4/c1-13-8-14-4-2-3-5-18(14)23(13)20(24)12-27-21(25)16-9-15-10-17(22)6-7-19(15)26-11-16/h2-7,10,13,16H,8-9,11-12H2,1H3/t13-,16-/m1/s1. The number of hydrogen-bond donors (Lipinski definition) is 0. The van der Waals surface area contributed by atoms with Gasteiger partial charge < -0.3 is 14.4 Å². The molecule has 2 aromatic carbocycles. The number of hydrogen-bond acceptors (Lipinski definition) is 4. The predicted octanol–water partition coefficient (Wildman–Crippen LogP) is 3.41. The van der Waals surface area contributed by atoms with E-state index in [-0.39, 0.29) is 25.2 Å². The Labute approximate surface area is 162 Å². The van der Waals surface area contributed by atoms with Crippen LogP contribution in [0, 0.1) is 5.92 Å². The van der Waals surface area contributed by atoms with Gasteiger partial charge in [0.1, 0.15) is 12.4 Å². The summed E-state index contributed by atoms with van der Waals surface area (Å²) < 4.78 is 10.9. The van der Waals surface area contributed by atoms with Gasteiger partial charge in [0, 0.05) is 16.8 Å². The van der Waals surface area contributed by atoms with E-state index in [1.165, 1.54) is 0 Å². The number of fused-ring (bicyclic) bond motifs is 2. The number of esters is 1. The molecule has 140 valence electrons. The number of halogens is 1. The van der Waals surface area contributed by atoms with Crippen LogP contribution in [-0.2, 0) is 27.2 Å². The minimum Gasteiger partial charge on any atom is -0.492 e. The van der Waals surface area contributed by atoms with Gasteiger partial charge >= 0.3 is 5.97 Å². The predicted molar refractivity (Wildman–Crippen MR) is 102 cm³/mol. The third-order valence-corrected chi connectivity index (χ3v) is 5.31.